The minimum atomic E-state index is -0.307. The second kappa shape index (κ2) is 4.46. The van der Waals surface area contributed by atoms with E-state index in [0.717, 1.165) is 18.5 Å². The highest BCUT2D eigenvalue weighted by Crippen LogP contribution is 2.23. The molecule has 1 aliphatic heterocycles. The highest BCUT2D eigenvalue weighted by atomic mass is 16.4. The lowest BCUT2D eigenvalue weighted by atomic mass is 10.1. The standard InChI is InChI=1S/C14H16N2O2/c15-13-10-5-1-2-6-12(10)18-14(17)11(13)9-16-7-3-4-8-16/h1-2,5-6H,3-4,7-9,15H2. The highest BCUT2D eigenvalue weighted by Gasteiger charge is 2.17. The number of anilines is 1. The van der Waals surface area contributed by atoms with E-state index in [-0.39, 0.29) is 5.63 Å². The van der Waals surface area contributed by atoms with Crippen LogP contribution in [0.3, 0.4) is 0 Å². The number of para-hydroxylation sites is 1. The van der Waals surface area contributed by atoms with Gasteiger partial charge in [0, 0.05) is 11.9 Å². The molecule has 4 heteroatoms. The number of rotatable bonds is 2. The van der Waals surface area contributed by atoms with Gasteiger partial charge in [0.1, 0.15) is 5.58 Å². The Bertz CT molecular complexity index is 627. The maximum Gasteiger partial charge on any atom is 0.342 e. The van der Waals surface area contributed by atoms with Crippen molar-refractivity contribution in [1.29, 1.82) is 0 Å². The summed E-state index contributed by atoms with van der Waals surface area (Å²) in [5, 5.41) is 0.825. The Hall–Kier alpha value is -1.81. The number of hydrogen-bond donors (Lipinski definition) is 1. The van der Waals surface area contributed by atoms with Crippen LogP contribution >= 0.6 is 0 Å². The van der Waals surface area contributed by atoms with Crippen LogP contribution in [-0.4, -0.2) is 18.0 Å². The van der Waals surface area contributed by atoms with Gasteiger partial charge >= 0.3 is 5.63 Å². The van der Waals surface area contributed by atoms with E-state index in [0.29, 0.717) is 23.4 Å². The molecule has 1 fully saturated rings. The average Bonchev–Trinajstić information content (AvgIpc) is 2.87. The number of benzene rings is 1. The van der Waals surface area contributed by atoms with Gasteiger partial charge in [0.15, 0.2) is 0 Å². The fourth-order valence-electron chi connectivity index (χ4n) is 2.53. The number of likely N-dealkylation sites (tertiary alicyclic amines) is 1. The predicted octanol–water partition coefficient (Wildman–Crippen LogP) is 1.97. The molecule has 0 amide bonds. The molecule has 4 nitrogen and oxygen atoms in total. The third kappa shape index (κ3) is 1.88. The molecule has 18 heavy (non-hydrogen) atoms. The molecular formula is C14H16N2O2. The Morgan fingerprint density at radius 1 is 1.22 bits per heavy atom. The van der Waals surface area contributed by atoms with E-state index in [2.05, 4.69) is 4.90 Å². The van der Waals surface area contributed by atoms with Gasteiger partial charge < -0.3 is 10.2 Å². The molecule has 0 spiro atoms. The van der Waals surface area contributed by atoms with Crippen LogP contribution in [0.25, 0.3) is 11.0 Å². The largest absolute Gasteiger partial charge is 0.422 e. The Morgan fingerprint density at radius 2 is 1.94 bits per heavy atom. The first-order valence-electron chi connectivity index (χ1n) is 6.28. The summed E-state index contributed by atoms with van der Waals surface area (Å²) in [5.74, 6) is 0. The molecule has 94 valence electrons. The Balaban J connectivity index is 2.07. The molecule has 1 aromatic heterocycles. The summed E-state index contributed by atoms with van der Waals surface area (Å²) in [6.45, 7) is 2.66. The summed E-state index contributed by atoms with van der Waals surface area (Å²) in [6, 6.07) is 7.40. The summed E-state index contributed by atoms with van der Waals surface area (Å²) < 4.78 is 5.32. The van der Waals surface area contributed by atoms with Crippen LogP contribution in [0.1, 0.15) is 18.4 Å². The van der Waals surface area contributed by atoms with Gasteiger partial charge in [-0.05, 0) is 38.1 Å². The van der Waals surface area contributed by atoms with Crippen LogP contribution in [0.5, 0.6) is 0 Å². The van der Waals surface area contributed by atoms with Gasteiger partial charge in [-0.25, -0.2) is 4.79 Å². The quantitative estimate of drug-likeness (QED) is 0.820. The van der Waals surface area contributed by atoms with Gasteiger partial charge in [-0.3, -0.25) is 4.90 Å². The molecule has 3 rings (SSSR count). The van der Waals surface area contributed by atoms with E-state index in [4.69, 9.17) is 10.2 Å². The molecule has 0 bridgehead atoms. The molecule has 1 saturated heterocycles. The summed E-state index contributed by atoms with van der Waals surface area (Å²) in [4.78, 5) is 14.2. The number of nitrogen functional groups attached to an aromatic ring is 1. The molecule has 0 saturated carbocycles. The van der Waals surface area contributed by atoms with Crippen molar-refractivity contribution >= 4 is 16.7 Å². The van der Waals surface area contributed by atoms with E-state index >= 15 is 0 Å². The van der Waals surface area contributed by atoms with Crippen LogP contribution in [0.4, 0.5) is 5.69 Å². The van der Waals surface area contributed by atoms with Gasteiger partial charge in [-0.2, -0.15) is 0 Å². The van der Waals surface area contributed by atoms with Crippen molar-refractivity contribution in [2.24, 2.45) is 0 Å². The van der Waals surface area contributed by atoms with E-state index in [1.165, 1.54) is 12.8 Å². The first kappa shape index (κ1) is 11.3. The molecule has 0 atom stereocenters. The zero-order chi connectivity index (χ0) is 12.5. The number of nitrogens with two attached hydrogens (primary N) is 1. The number of nitrogens with zero attached hydrogens (tertiary/aromatic N) is 1. The van der Waals surface area contributed by atoms with Crippen LogP contribution in [0.2, 0.25) is 0 Å². The van der Waals surface area contributed by atoms with Crippen LogP contribution < -0.4 is 11.4 Å². The van der Waals surface area contributed by atoms with Gasteiger partial charge in [-0.1, -0.05) is 12.1 Å². The first-order valence-corrected chi connectivity index (χ1v) is 6.28. The monoisotopic (exact) mass is 244 g/mol. The minimum Gasteiger partial charge on any atom is -0.422 e. The van der Waals surface area contributed by atoms with Crippen molar-refractivity contribution in [1.82, 2.24) is 4.90 Å². The van der Waals surface area contributed by atoms with E-state index < -0.39 is 0 Å². The first-order chi connectivity index (χ1) is 8.75. The predicted molar refractivity (Wildman–Crippen MR) is 71.4 cm³/mol. The number of hydrogen-bond acceptors (Lipinski definition) is 4. The van der Waals surface area contributed by atoms with Gasteiger partial charge in [0.2, 0.25) is 0 Å². The molecule has 0 radical (unpaired) electrons. The fourth-order valence-corrected chi connectivity index (χ4v) is 2.53. The van der Waals surface area contributed by atoms with E-state index in [1.807, 2.05) is 18.2 Å². The lowest BCUT2D eigenvalue weighted by molar-refractivity contribution is 0.326. The lowest BCUT2D eigenvalue weighted by Crippen LogP contribution is -2.24. The maximum absolute atomic E-state index is 12.0. The lowest BCUT2D eigenvalue weighted by Gasteiger charge is -2.15. The van der Waals surface area contributed by atoms with E-state index in [9.17, 15) is 4.79 Å². The van der Waals surface area contributed by atoms with Crippen molar-refractivity contribution < 1.29 is 4.42 Å². The second-order valence-corrected chi connectivity index (χ2v) is 4.76. The maximum atomic E-state index is 12.0. The Kier molecular flexibility index (Phi) is 2.80. The second-order valence-electron chi connectivity index (χ2n) is 4.76. The summed E-state index contributed by atoms with van der Waals surface area (Å²) in [6.07, 6.45) is 2.39. The number of fused-ring (bicyclic) bond motifs is 1. The molecule has 2 N–H and O–H groups in total. The topological polar surface area (TPSA) is 59.5 Å². The smallest absolute Gasteiger partial charge is 0.342 e. The zero-order valence-corrected chi connectivity index (χ0v) is 10.2. The van der Waals surface area contributed by atoms with Crippen molar-refractivity contribution in [2.75, 3.05) is 18.8 Å². The molecule has 2 aromatic rings. The molecule has 2 heterocycles. The van der Waals surface area contributed by atoms with Crippen LogP contribution in [0, 0.1) is 0 Å². The normalized spacial score (nSPS) is 16.4. The van der Waals surface area contributed by atoms with E-state index in [1.54, 1.807) is 6.07 Å². The van der Waals surface area contributed by atoms with Crippen LogP contribution in [0.15, 0.2) is 33.5 Å². The minimum absolute atomic E-state index is 0.307. The summed E-state index contributed by atoms with van der Waals surface area (Å²) >= 11 is 0. The third-order valence-corrected chi connectivity index (χ3v) is 3.53. The van der Waals surface area contributed by atoms with Crippen molar-refractivity contribution in [3.63, 3.8) is 0 Å². The third-order valence-electron chi connectivity index (χ3n) is 3.53. The highest BCUT2D eigenvalue weighted by molar-refractivity contribution is 5.89. The van der Waals surface area contributed by atoms with Gasteiger partial charge in [0.05, 0.1) is 11.3 Å². The van der Waals surface area contributed by atoms with Crippen LogP contribution in [-0.2, 0) is 6.54 Å². The Morgan fingerprint density at radius 3 is 2.72 bits per heavy atom. The Labute approximate surface area is 105 Å². The summed E-state index contributed by atoms with van der Waals surface area (Å²) in [5.41, 5.74) is 7.52. The SMILES string of the molecule is Nc1c(CN2CCCC2)c(=O)oc2ccccc12. The average molecular weight is 244 g/mol. The van der Waals surface area contributed by atoms with Crippen molar-refractivity contribution in [3.8, 4) is 0 Å². The fraction of sp³-hybridized carbons (Fsp3) is 0.357. The summed E-state index contributed by atoms with van der Waals surface area (Å²) in [7, 11) is 0. The zero-order valence-electron chi connectivity index (χ0n) is 10.2. The molecular weight excluding hydrogens is 228 g/mol. The molecule has 1 aromatic carbocycles. The molecule has 0 unspecified atom stereocenters. The molecule has 0 aliphatic carbocycles. The van der Waals surface area contributed by atoms with Gasteiger partial charge in [-0.15, -0.1) is 0 Å². The van der Waals surface area contributed by atoms with Crippen molar-refractivity contribution in [3.05, 3.63) is 40.2 Å². The van der Waals surface area contributed by atoms with Gasteiger partial charge in [0.25, 0.3) is 0 Å². The van der Waals surface area contributed by atoms with Crippen molar-refractivity contribution in [2.45, 2.75) is 19.4 Å². The molecule has 1 aliphatic rings.